The van der Waals surface area contributed by atoms with Gasteiger partial charge in [0.15, 0.2) is 5.76 Å². The molecule has 1 saturated heterocycles. The molecule has 0 bridgehead atoms. The minimum Gasteiger partial charge on any atom is -0.465 e. The van der Waals surface area contributed by atoms with Gasteiger partial charge in [0, 0.05) is 53.1 Å². The summed E-state index contributed by atoms with van der Waals surface area (Å²) in [6, 6.07) is 10.8. The number of fused-ring (bicyclic) bond motifs is 2. The molecule has 1 saturated carbocycles. The second kappa shape index (κ2) is 9.64. The number of aryl methyl sites for hydroxylation is 1. The predicted molar refractivity (Wildman–Crippen MR) is 151 cm³/mol. The summed E-state index contributed by atoms with van der Waals surface area (Å²) in [7, 11) is 0. The van der Waals surface area contributed by atoms with Crippen molar-refractivity contribution in [3.05, 3.63) is 53.7 Å². The fourth-order valence-corrected chi connectivity index (χ4v) is 6.16. The number of halogens is 1. The van der Waals surface area contributed by atoms with Gasteiger partial charge < -0.3 is 19.0 Å². The fraction of sp³-hybridized carbons (Fsp3) is 0.452. The number of pyridine rings is 1. The number of carbonyl (C=O) groups excluding carboxylic acids is 1. The van der Waals surface area contributed by atoms with E-state index in [0.717, 1.165) is 40.0 Å². The first-order valence-corrected chi connectivity index (χ1v) is 13.9. The van der Waals surface area contributed by atoms with Crippen LogP contribution in [0.5, 0.6) is 0 Å². The molecular weight excluding hydrogens is 511 g/mol. The molecule has 0 spiro atoms. The number of alkyl halides is 1. The van der Waals surface area contributed by atoms with Crippen LogP contribution in [0.25, 0.3) is 33.5 Å². The van der Waals surface area contributed by atoms with Gasteiger partial charge in [0.1, 0.15) is 17.4 Å². The molecular formula is C31H35FN4O4. The highest BCUT2D eigenvalue weighted by Crippen LogP contribution is 2.39. The van der Waals surface area contributed by atoms with Crippen molar-refractivity contribution in [2.45, 2.75) is 71.3 Å². The Morgan fingerprint density at radius 2 is 1.95 bits per heavy atom. The Kier molecular flexibility index (Phi) is 6.35. The number of benzene rings is 1. The van der Waals surface area contributed by atoms with Crippen LogP contribution in [-0.2, 0) is 6.54 Å². The molecule has 1 aliphatic carbocycles. The van der Waals surface area contributed by atoms with Crippen molar-refractivity contribution in [1.82, 2.24) is 19.4 Å². The van der Waals surface area contributed by atoms with Crippen molar-refractivity contribution < 1.29 is 23.5 Å². The zero-order valence-electron chi connectivity index (χ0n) is 23.4. The van der Waals surface area contributed by atoms with Gasteiger partial charge in [0.05, 0.1) is 18.3 Å². The molecule has 2 amide bonds. The maximum absolute atomic E-state index is 14.8. The molecule has 0 unspecified atom stereocenters. The lowest BCUT2D eigenvalue weighted by Gasteiger charge is -2.45. The number of rotatable bonds is 5. The number of carboxylic acid groups (broad SMARTS) is 1. The smallest absolute Gasteiger partial charge is 0.408 e. The zero-order chi connectivity index (χ0) is 28.3. The van der Waals surface area contributed by atoms with Crippen molar-refractivity contribution in [3.63, 3.8) is 0 Å². The van der Waals surface area contributed by atoms with Crippen LogP contribution in [0, 0.1) is 12.8 Å². The number of furan rings is 1. The first-order valence-electron chi connectivity index (χ1n) is 13.9. The van der Waals surface area contributed by atoms with Crippen LogP contribution in [0.3, 0.4) is 0 Å². The largest absolute Gasteiger partial charge is 0.465 e. The molecule has 40 heavy (non-hydrogen) atoms. The standard InChI is InChI=1S/C31H35FN4O4/c1-18-24-10-9-21(29(37)34-16-22(32)14-23(17-34)36(30(38)39)31(2,3)4)13-26(24)40-27(18)25-12-20-6-5-11-33-28(20)35(25)15-19-7-8-19/h5-6,9-13,19,22-23H,7-8,14-17H2,1-4H3,(H,38,39)/t22-,23-/m1/s1. The van der Waals surface area contributed by atoms with E-state index in [1.54, 1.807) is 32.9 Å². The Morgan fingerprint density at radius 1 is 1.18 bits per heavy atom. The van der Waals surface area contributed by atoms with Crippen LogP contribution in [-0.4, -0.2) is 67.3 Å². The Hall–Kier alpha value is -3.88. The van der Waals surface area contributed by atoms with E-state index in [-0.39, 0.29) is 25.4 Å². The second-order valence-corrected chi connectivity index (χ2v) is 12.3. The Labute approximate surface area is 232 Å². The minimum atomic E-state index is -1.31. The van der Waals surface area contributed by atoms with Gasteiger partial charge in [-0.05, 0) is 76.8 Å². The van der Waals surface area contributed by atoms with Crippen LogP contribution in [0.4, 0.5) is 9.18 Å². The summed E-state index contributed by atoms with van der Waals surface area (Å²) < 4.78 is 23.5. The van der Waals surface area contributed by atoms with E-state index in [0.29, 0.717) is 17.1 Å². The van der Waals surface area contributed by atoms with Gasteiger partial charge in [0.25, 0.3) is 5.91 Å². The van der Waals surface area contributed by atoms with Gasteiger partial charge in [-0.15, -0.1) is 0 Å². The highest BCUT2D eigenvalue weighted by atomic mass is 19.1. The predicted octanol–water partition coefficient (Wildman–Crippen LogP) is 6.50. The van der Waals surface area contributed by atoms with Crippen molar-refractivity contribution in [2.24, 2.45) is 5.92 Å². The van der Waals surface area contributed by atoms with E-state index in [1.165, 1.54) is 22.6 Å². The van der Waals surface area contributed by atoms with E-state index in [1.807, 2.05) is 25.3 Å². The Morgan fingerprint density at radius 3 is 2.65 bits per heavy atom. The minimum absolute atomic E-state index is 0.0663. The van der Waals surface area contributed by atoms with Gasteiger partial charge in [-0.1, -0.05) is 6.07 Å². The van der Waals surface area contributed by atoms with Crippen LogP contribution >= 0.6 is 0 Å². The summed E-state index contributed by atoms with van der Waals surface area (Å²) in [5, 5.41) is 11.8. The highest BCUT2D eigenvalue weighted by molar-refractivity contribution is 5.99. The molecule has 6 rings (SSSR count). The van der Waals surface area contributed by atoms with Crippen LogP contribution in [0.1, 0.15) is 56.0 Å². The SMILES string of the molecule is Cc1c(-c2cc3cccnc3n2CC2CC2)oc2cc(C(=O)N3C[C@H](F)C[C@@H](N(C(=O)O)C(C)(C)C)C3)ccc12. The van der Waals surface area contributed by atoms with Gasteiger partial charge in [-0.3, -0.25) is 9.69 Å². The van der Waals surface area contributed by atoms with E-state index in [4.69, 9.17) is 4.42 Å². The summed E-state index contributed by atoms with van der Waals surface area (Å²) in [4.78, 5) is 32.9. The van der Waals surface area contributed by atoms with Gasteiger partial charge in [-0.25, -0.2) is 14.2 Å². The summed E-state index contributed by atoms with van der Waals surface area (Å²) in [5.41, 5.74) is 3.14. The van der Waals surface area contributed by atoms with Crippen LogP contribution in [0.2, 0.25) is 0 Å². The third kappa shape index (κ3) is 4.71. The van der Waals surface area contributed by atoms with E-state index in [2.05, 4.69) is 21.7 Å². The van der Waals surface area contributed by atoms with Crippen molar-refractivity contribution >= 4 is 34.0 Å². The van der Waals surface area contributed by atoms with Crippen molar-refractivity contribution in [3.8, 4) is 11.5 Å². The second-order valence-electron chi connectivity index (χ2n) is 12.3. The number of hydrogen-bond donors (Lipinski definition) is 1. The molecule has 2 aliphatic rings. The monoisotopic (exact) mass is 546 g/mol. The quantitative estimate of drug-likeness (QED) is 0.309. The average Bonchev–Trinajstić information content (AvgIpc) is 3.56. The van der Waals surface area contributed by atoms with Gasteiger partial charge >= 0.3 is 6.09 Å². The fourth-order valence-electron chi connectivity index (χ4n) is 6.16. The first-order chi connectivity index (χ1) is 19.0. The summed E-state index contributed by atoms with van der Waals surface area (Å²) in [6.45, 7) is 8.31. The molecule has 210 valence electrons. The average molecular weight is 547 g/mol. The number of likely N-dealkylation sites (tertiary alicyclic amines) is 1. The number of hydrogen-bond acceptors (Lipinski definition) is 4. The molecule has 1 aromatic carbocycles. The maximum Gasteiger partial charge on any atom is 0.408 e. The third-order valence-electron chi connectivity index (χ3n) is 8.17. The molecule has 2 atom stereocenters. The first kappa shape index (κ1) is 26.3. The molecule has 4 heterocycles. The van der Waals surface area contributed by atoms with Crippen molar-refractivity contribution in [2.75, 3.05) is 13.1 Å². The molecule has 0 radical (unpaired) electrons. The number of amides is 2. The molecule has 8 nitrogen and oxygen atoms in total. The number of aromatic nitrogens is 2. The van der Waals surface area contributed by atoms with Crippen LogP contribution in [0.15, 0.2) is 47.0 Å². The molecule has 4 aromatic rings. The summed E-state index contributed by atoms with van der Waals surface area (Å²) in [6.07, 6.45) is 1.88. The summed E-state index contributed by atoms with van der Waals surface area (Å²) >= 11 is 0. The number of piperidine rings is 1. The van der Waals surface area contributed by atoms with Gasteiger partial charge in [0.2, 0.25) is 0 Å². The lowest BCUT2D eigenvalue weighted by molar-refractivity contribution is 0.0126. The van der Waals surface area contributed by atoms with Crippen LogP contribution < -0.4 is 0 Å². The number of nitrogens with zero attached hydrogens (tertiary/aromatic N) is 4. The van der Waals surface area contributed by atoms with Gasteiger partial charge in [-0.2, -0.15) is 0 Å². The molecule has 1 N–H and O–H groups in total. The molecule has 9 heteroatoms. The lowest BCUT2D eigenvalue weighted by Crippen LogP contribution is -2.59. The topological polar surface area (TPSA) is 91.8 Å². The zero-order valence-corrected chi connectivity index (χ0v) is 23.4. The van der Waals surface area contributed by atoms with E-state index in [9.17, 15) is 19.1 Å². The Balaban J connectivity index is 1.33. The highest BCUT2D eigenvalue weighted by Gasteiger charge is 2.40. The normalized spacial score (nSPS) is 19.9. The lowest BCUT2D eigenvalue weighted by atomic mass is 9.96. The molecule has 3 aromatic heterocycles. The van der Waals surface area contributed by atoms with Crippen molar-refractivity contribution in [1.29, 1.82) is 0 Å². The maximum atomic E-state index is 14.8. The summed E-state index contributed by atoms with van der Waals surface area (Å²) in [5.74, 6) is 1.06. The van der Waals surface area contributed by atoms with E-state index < -0.39 is 23.8 Å². The molecule has 1 aliphatic heterocycles. The third-order valence-corrected chi connectivity index (χ3v) is 8.17. The number of carbonyl (C=O) groups is 2. The van der Waals surface area contributed by atoms with E-state index >= 15 is 0 Å². The Bertz CT molecular complexity index is 1610. The molecule has 2 fully saturated rings.